The van der Waals surface area contributed by atoms with E-state index >= 15 is 0 Å². The molecular weight excluding hydrogens is 372 g/mol. The molecule has 1 atom stereocenters. The lowest BCUT2D eigenvalue weighted by molar-refractivity contribution is -0.121. The molecule has 2 aliphatic rings. The summed E-state index contributed by atoms with van der Waals surface area (Å²) in [6.07, 6.45) is 1.80. The van der Waals surface area contributed by atoms with E-state index < -0.39 is 4.87 Å². The highest BCUT2D eigenvalue weighted by Gasteiger charge is 2.57. The molecule has 1 saturated heterocycles. The number of carbonyl (C=O) groups is 2. The number of aromatic nitrogens is 2. The van der Waals surface area contributed by atoms with Gasteiger partial charge in [0.1, 0.15) is 0 Å². The Bertz CT molecular complexity index is 1110. The zero-order valence-electron chi connectivity index (χ0n) is 15.5. The summed E-state index contributed by atoms with van der Waals surface area (Å²) in [6, 6.07) is 15.6. The van der Waals surface area contributed by atoms with Crippen LogP contribution in [0, 0.1) is 0 Å². The zero-order valence-corrected chi connectivity index (χ0v) is 16.3. The molecule has 0 saturated carbocycles. The standard InChI is InChI=1S/C21H20N4O2S/c1-2-13-24-15-8-4-3-7-14(15)22-20(24)23-19(27)21-12-11-18(26)25(21)16-9-5-6-10-17(16)28-21/h3-10H,2,11-13H2,1H3,(H,22,23,27)/t21-/m1/s1. The van der Waals surface area contributed by atoms with E-state index in [9.17, 15) is 9.59 Å². The van der Waals surface area contributed by atoms with Gasteiger partial charge < -0.3 is 4.57 Å². The van der Waals surface area contributed by atoms with Crippen molar-refractivity contribution in [3.8, 4) is 0 Å². The van der Waals surface area contributed by atoms with Gasteiger partial charge in [-0.15, -0.1) is 0 Å². The highest BCUT2D eigenvalue weighted by atomic mass is 32.2. The van der Waals surface area contributed by atoms with Crippen molar-refractivity contribution in [2.24, 2.45) is 0 Å². The molecule has 0 spiro atoms. The third-order valence-electron chi connectivity index (χ3n) is 5.36. The second-order valence-corrected chi connectivity index (χ2v) is 8.43. The van der Waals surface area contributed by atoms with E-state index in [0.29, 0.717) is 18.8 Å². The van der Waals surface area contributed by atoms with E-state index in [1.165, 1.54) is 11.8 Å². The average Bonchev–Trinajstić information content (AvgIpc) is 3.33. The lowest BCUT2D eigenvalue weighted by Gasteiger charge is -2.29. The fraction of sp³-hybridized carbons (Fsp3) is 0.286. The van der Waals surface area contributed by atoms with Gasteiger partial charge in [0.2, 0.25) is 11.9 Å². The van der Waals surface area contributed by atoms with Crippen molar-refractivity contribution in [3.05, 3.63) is 48.5 Å². The van der Waals surface area contributed by atoms with Gasteiger partial charge in [0.25, 0.3) is 5.91 Å². The van der Waals surface area contributed by atoms with E-state index in [0.717, 1.165) is 34.6 Å². The Labute approximate surface area is 166 Å². The number of nitrogens with zero attached hydrogens (tertiary/aromatic N) is 3. The molecule has 0 bridgehead atoms. The summed E-state index contributed by atoms with van der Waals surface area (Å²) >= 11 is 1.47. The zero-order chi connectivity index (χ0) is 19.3. The molecule has 2 aromatic carbocycles. The highest BCUT2D eigenvalue weighted by Crippen LogP contribution is 2.56. The number of aryl methyl sites for hydroxylation is 1. The minimum Gasteiger partial charge on any atom is -0.310 e. The number of rotatable bonds is 4. The van der Waals surface area contributed by atoms with Crippen LogP contribution in [0.3, 0.4) is 0 Å². The van der Waals surface area contributed by atoms with Crippen LogP contribution in [0.2, 0.25) is 0 Å². The summed E-state index contributed by atoms with van der Waals surface area (Å²) in [5.74, 6) is 0.347. The Morgan fingerprint density at radius 2 is 2.00 bits per heavy atom. The predicted molar refractivity (Wildman–Crippen MR) is 110 cm³/mol. The Morgan fingerprint density at radius 1 is 1.21 bits per heavy atom. The van der Waals surface area contributed by atoms with Crippen LogP contribution in [0.4, 0.5) is 11.6 Å². The topological polar surface area (TPSA) is 67.2 Å². The SMILES string of the molecule is CCCn1c(NC(=O)[C@]23CCC(=O)N2c2ccccc2S3)nc2ccccc21. The molecule has 0 aliphatic carbocycles. The number of imidazole rings is 1. The lowest BCUT2D eigenvalue weighted by Crippen LogP contribution is -2.50. The molecule has 5 rings (SSSR count). The fourth-order valence-corrected chi connectivity index (χ4v) is 5.53. The molecule has 3 aromatic rings. The van der Waals surface area contributed by atoms with Crippen molar-refractivity contribution in [3.63, 3.8) is 0 Å². The minimum atomic E-state index is -0.935. The number of anilines is 2. The Hall–Kier alpha value is -2.80. The third kappa shape index (κ3) is 2.39. The molecule has 28 heavy (non-hydrogen) atoms. The molecule has 7 heteroatoms. The summed E-state index contributed by atoms with van der Waals surface area (Å²) in [7, 11) is 0. The average molecular weight is 392 g/mol. The van der Waals surface area contributed by atoms with Gasteiger partial charge in [-0.2, -0.15) is 0 Å². The maximum atomic E-state index is 13.5. The molecule has 0 unspecified atom stereocenters. The number of nitrogens with one attached hydrogen (secondary N) is 1. The van der Waals surface area contributed by atoms with Gasteiger partial charge >= 0.3 is 0 Å². The van der Waals surface area contributed by atoms with Crippen molar-refractivity contribution in [1.82, 2.24) is 9.55 Å². The molecule has 142 valence electrons. The number of fused-ring (bicyclic) bond motifs is 4. The summed E-state index contributed by atoms with van der Waals surface area (Å²) in [5, 5.41) is 3.04. The van der Waals surface area contributed by atoms with Crippen molar-refractivity contribution >= 4 is 46.2 Å². The quantitative estimate of drug-likeness (QED) is 0.728. The second kappa shape index (κ2) is 6.38. The second-order valence-electron chi connectivity index (χ2n) is 7.11. The maximum absolute atomic E-state index is 13.5. The smallest absolute Gasteiger partial charge is 0.263 e. The van der Waals surface area contributed by atoms with Crippen LogP contribution in [0.25, 0.3) is 11.0 Å². The molecule has 0 radical (unpaired) electrons. The normalized spacial score (nSPS) is 20.5. The largest absolute Gasteiger partial charge is 0.310 e. The number of hydrogen-bond acceptors (Lipinski definition) is 4. The Balaban J connectivity index is 1.54. The molecule has 1 aromatic heterocycles. The number of carbonyl (C=O) groups excluding carboxylic acids is 2. The van der Waals surface area contributed by atoms with E-state index in [2.05, 4.69) is 17.2 Å². The summed E-state index contributed by atoms with van der Waals surface area (Å²) in [6.45, 7) is 2.86. The first-order valence-electron chi connectivity index (χ1n) is 9.52. The Kier molecular flexibility index (Phi) is 3.94. The Morgan fingerprint density at radius 3 is 2.86 bits per heavy atom. The van der Waals surface area contributed by atoms with E-state index in [1.807, 2.05) is 53.1 Å². The van der Waals surface area contributed by atoms with Crippen molar-refractivity contribution in [2.45, 2.75) is 42.5 Å². The number of para-hydroxylation sites is 3. The van der Waals surface area contributed by atoms with E-state index in [1.54, 1.807) is 4.90 Å². The van der Waals surface area contributed by atoms with Crippen LogP contribution < -0.4 is 10.2 Å². The monoisotopic (exact) mass is 392 g/mol. The molecular formula is C21H20N4O2S. The van der Waals surface area contributed by atoms with Gasteiger partial charge in [-0.1, -0.05) is 43.0 Å². The summed E-state index contributed by atoms with van der Waals surface area (Å²) < 4.78 is 2.04. The number of thioether (sulfide) groups is 1. The molecule has 2 amide bonds. The van der Waals surface area contributed by atoms with Crippen LogP contribution in [0.15, 0.2) is 53.4 Å². The van der Waals surface area contributed by atoms with Crippen LogP contribution in [0.5, 0.6) is 0 Å². The van der Waals surface area contributed by atoms with Gasteiger partial charge in [0.15, 0.2) is 4.87 Å². The van der Waals surface area contributed by atoms with Crippen molar-refractivity contribution in [2.75, 3.05) is 10.2 Å². The lowest BCUT2D eigenvalue weighted by atomic mass is 10.2. The first-order chi connectivity index (χ1) is 13.6. The molecule has 1 N–H and O–H groups in total. The van der Waals surface area contributed by atoms with Crippen LogP contribution in [0.1, 0.15) is 26.2 Å². The molecule has 3 heterocycles. The first kappa shape index (κ1) is 17.3. The van der Waals surface area contributed by atoms with Gasteiger partial charge in [0, 0.05) is 17.9 Å². The highest BCUT2D eigenvalue weighted by molar-refractivity contribution is 8.02. The van der Waals surface area contributed by atoms with E-state index in [4.69, 9.17) is 0 Å². The number of amides is 2. The van der Waals surface area contributed by atoms with Crippen molar-refractivity contribution in [1.29, 1.82) is 0 Å². The van der Waals surface area contributed by atoms with Gasteiger partial charge in [0.05, 0.1) is 16.7 Å². The van der Waals surface area contributed by atoms with Gasteiger partial charge in [-0.05, 0) is 37.1 Å². The van der Waals surface area contributed by atoms with Crippen LogP contribution in [-0.2, 0) is 16.1 Å². The first-order valence-corrected chi connectivity index (χ1v) is 10.3. The number of benzene rings is 2. The minimum absolute atomic E-state index is 0.00494. The molecule has 6 nitrogen and oxygen atoms in total. The summed E-state index contributed by atoms with van der Waals surface area (Å²) in [4.78, 5) is 32.4. The predicted octanol–water partition coefficient (Wildman–Crippen LogP) is 4.01. The van der Waals surface area contributed by atoms with Gasteiger partial charge in [-0.3, -0.25) is 19.8 Å². The third-order valence-corrected chi connectivity index (χ3v) is 6.83. The van der Waals surface area contributed by atoms with E-state index in [-0.39, 0.29) is 11.8 Å². The van der Waals surface area contributed by atoms with Crippen LogP contribution >= 0.6 is 11.8 Å². The molecule has 1 fully saturated rings. The fourth-order valence-electron chi connectivity index (χ4n) is 4.12. The van der Waals surface area contributed by atoms with Gasteiger partial charge in [-0.25, -0.2) is 4.98 Å². The molecule has 2 aliphatic heterocycles. The van der Waals surface area contributed by atoms with Crippen molar-refractivity contribution < 1.29 is 9.59 Å². The maximum Gasteiger partial charge on any atom is 0.263 e. The van der Waals surface area contributed by atoms with Crippen LogP contribution in [-0.4, -0.2) is 26.2 Å². The summed E-state index contributed by atoms with van der Waals surface area (Å²) in [5.41, 5.74) is 2.68. The number of hydrogen-bond donors (Lipinski definition) is 1.